The molecule has 1 fully saturated rings. The van der Waals surface area contributed by atoms with Gasteiger partial charge in [-0.2, -0.15) is 9.29 Å². The Kier molecular flexibility index (Phi) is 22.1. The van der Waals surface area contributed by atoms with Gasteiger partial charge in [0.05, 0.1) is 38.0 Å². The van der Waals surface area contributed by atoms with Crippen molar-refractivity contribution < 1.29 is 88.4 Å². The predicted molar refractivity (Wildman–Crippen MR) is 279 cm³/mol. The van der Waals surface area contributed by atoms with Crippen molar-refractivity contribution in [2.45, 2.75) is 57.8 Å². The molecule has 3 amide bonds. The van der Waals surface area contributed by atoms with Crippen molar-refractivity contribution in [3.8, 4) is 17.6 Å². The first-order valence-electron chi connectivity index (χ1n) is 23.8. The number of nitrogen functional groups attached to an aromatic ring is 1. The predicted octanol–water partition coefficient (Wildman–Crippen LogP) is 2.97. The van der Waals surface area contributed by atoms with E-state index in [-0.39, 0.29) is 80.9 Å². The second-order valence-corrected chi connectivity index (χ2v) is 22.3. The zero-order valence-corrected chi connectivity index (χ0v) is 45.5. The number of halogens is 1. The molecule has 3 aliphatic heterocycles. The Bertz CT molecular complexity index is 3300. The van der Waals surface area contributed by atoms with Crippen LogP contribution in [0.1, 0.15) is 58.4 Å². The van der Waals surface area contributed by atoms with E-state index in [0.717, 1.165) is 27.2 Å². The van der Waals surface area contributed by atoms with Gasteiger partial charge in [0.1, 0.15) is 43.8 Å². The molecule has 80 heavy (non-hydrogen) atoms. The lowest BCUT2D eigenvalue weighted by Crippen LogP contribution is -2.40. The quantitative estimate of drug-likeness (QED) is 0.00999. The van der Waals surface area contributed by atoms with Crippen LogP contribution in [0.25, 0.3) is 27.0 Å². The van der Waals surface area contributed by atoms with Crippen LogP contribution in [0.5, 0.6) is 5.75 Å². The largest absolute Gasteiger partial charge is 0.846 e. The third-order valence-electron chi connectivity index (χ3n) is 11.3. The molecule has 428 valence electrons. The highest BCUT2D eigenvalue weighted by Gasteiger charge is 2.48. The number of azide groups is 2. The zero-order chi connectivity index (χ0) is 58.2. The molecule has 3 aromatic rings. The maximum absolute atomic E-state index is 15.6. The van der Waals surface area contributed by atoms with Crippen LogP contribution in [-0.4, -0.2) is 148 Å². The highest BCUT2D eigenvalue weighted by atomic mass is 31.3. The smallest absolute Gasteiger partial charge is 0.491 e. The van der Waals surface area contributed by atoms with E-state index in [1.54, 1.807) is 27.2 Å². The molecule has 0 radical (unpaired) electrons. The molecule has 3 aliphatic rings. The Morgan fingerprint density at radius 2 is 1.84 bits per heavy atom. The molecular formula is C43H54BFN14O18P3+. The number of nitrogens with zero attached hydrogens (tertiary/aromatic N) is 10. The minimum absolute atomic E-state index is 0.00158. The summed E-state index contributed by atoms with van der Waals surface area (Å²) in [5.74, 6) is 3.95. The minimum atomic E-state index is -5.59. The van der Waals surface area contributed by atoms with Crippen molar-refractivity contribution in [1.29, 1.82) is 0 Å². The standard InChI is InChI=1S/C43H53BFN14O18P3/c1-27-18-28(2)58-34(27)20-32-10-9-31(59(32)44(58)45)11-12-37(60)50-14-15-51-42(62)29-6-4-8-33(19-29)72-25-39(54-56-48)71-17-16-70-24-38(61)49-13-5-7-30-22-57(43(63)53-41(30)46)40-21-35(73-26-52-55-47)36(75-40)23-74-79(66,67)77-80(68,69)76-78(3,64)65/h4,6,8-10,18-20,22,35-36,39-40H,11-17,21,23-26H2,1-3H3,(H7-,46,49,50,51,53,60,61,62,63,64,65,66,67,68,69)/p+1/t35-,36-,39?,40-/m1/s1. The third-order valence-corrected chi connectivity index (χ3v) is 15.5. The van der Waals surface area contributed by atoms with Gasteiger partial charge >= 0.3 is 36.2 Å². The topological polar surface area (TPSA) is 439 Å². The molecule has 0 bridgehead atoms. The van der Waals surface area contributed by atoms with E-state index in [0.29, 0.717) is 18.8 Å². The molecule has 0 aliphatic carbocycles. The molecule has 37 heteroatoms. The first kappa shape index (κ1) is 62.2. The van der Waals surface area contributed by atoms with Crippen LogP contribution in [0.15, 0.2) is 69.4 Å². The Morgan fingerprint density at radius 3 is 2.59 bits per heavy atom. The number of phosphoric acid groups is 2. The average molecular weight is 1180 g/mol. The molecular weight excluding hydrogens is 1120 g/mol. The van der Waals surface area contributed by atoms with E-state index in [9.17, 15) is 47.6 Å². The van der Waals surface area contributed by atoms with Crippen LogP contribution in [0.2, 0.25) is 0 Å². The van der Waals surface area contributed by atoms with Crippen molar-refractivity contribution in [2.24, 2.45) is 10.2 Å². The Hall–Kier alpha value is -7.00. The molecule has 4 unspecified atom stereocenters. The number of anilines is 1. The number of rotatable bonds is 29. The number of aromatic nitrogens is 3. The van der Waals surface area contributed by atoms with Crippen molar-refractivity contribution >= 4 is 65.8 Å². The van der Waals surface area contributed by atoms with E-state index in [2.05, 4.69) is 61.4 Å². The van der Waals surface area contributed by atoms with Crippen LogP contribution < -0.4 is 32.1 Å². The van der Waals surface area contributed by atoms with Gasteiger partial charge in [-0.15, -0.1) is 0 Å². The summed E-state index contributed by atoms with van der Waals surface area (Å²) in [6, 6.07) is 8.10. The lowest BCUT2D eigenvalue weighted by molar-refractivity contribution is -0.335. The molecule has 6 rings (SSSR count). The number of benzene rings is 1. The minimum Gasteiger partial charge on any atom is -0.491 e. The van der Waals surface area contributed by atoms with Crippen LogP contribution in [0, 0.1) is 25.7 Å². The van der Waals surface area contributed by atoms with E-state index in [1.807, 2.05) is 38.1 Å². The maximum Gasteiger partial charge on any atom is 0.846 e. The van der Waals surface area contributed by atoms with Gasteiger partial charge < -0.3 is 60.0 Å². The van der Waals surface area contributed by atoms with Gasteiger partial charge in [-0.25, -0.2) is 27.0 Å². The molecule has 0 saturated carbocycles. The lowest BCUT2D eigenvalue weighted by Gasteiger charge is -2.21. The lowest BCUT2D eigenvalue weighted by atomic mass is 9.96. The summed E-state index contributed by atoms with van der Waals surface area (Å²) in [6.07, 6.45) is 2.16. The summed E-state index contributed by atoms with van der Waals surface area (Å²) >= 11 is 0. The van der Waals surface area contributed by atoms with Crippen LogP contribution in [0.3, 0.4) is 0 Å². The highest BCUT2D eigenvalue weighted by Crippen LogP contribution is 2.66. The fourth-order valence-electron chi connectivity index (χ4n) is 7.93. The maximum atomic E-state index is 15.6. The number of hydrogen-bond donors (Lipinski definition) is 7. The summed E-state index contributed by atoms with van der Waals surface area (Å²) in [5, 5.41) is 14.8. The Labute approximate surface area is 454 Å². The van der Waals surface area contributed by atoms with Gasteiger partial charge in [-0.05, 0) is 54.7 Å². The Morgan fingerprint density at radius 1 is 1.06 bits per heavy atom. The fraction of sp³-hybridized carbons (Fsp3) is 0.442. The molecule has 7 atom stereocenters. The number of amides is 3. The van der Waals surface area contributed by atoms with Gasteiger partial charge in [-0.1, -0.05) is 28.1 Å². The number of nitrogens with two attached hydrogens (primary N) is 1. The van der Waals surface area contributed by atoms with E-state index >= 15 is 4.32 Å². The summed E-state index contributed by atoms with van der Waals surface area (Å²) < 4.78 is 95.9. The van der Waals surface area contributed by atoms with Crippen LogP contribution in [-0.2, 0) is 55.4 Å². The molecule has 1 aromatic carbocycles. The van der Waals surface area contributed by atoms with Crippen molar-refractivity contribution in [3.05, 3.63) is 114 Å². The number of ether oxygens (including phenoxy) is 5. The summed E-state index contributed by atoms with van der Waals surface area (Å²) in [4.78, 5) is 88.6. The molecule has 8 N–H and O–H groups in total. The second-order valence-electron chi connectivity index (χ2n) is 17.3. The first-order chi connectivity index (χ1) is 38.0. The SMILES string of the molecule is Cc1cc(C)n2c1C=C1C=CC(CCC(=O)NCCNC(=O)c3cccc(OCC(N=[N+]=[N-])OCCOCC(=O)NCC#Cc4cn([C@H]5C[C@@H](OCN=[N+]=[N-])[C@@H](COP(=O)(O)OP(=O)(O)OP(C)(=O)O)O5)c(=O)nc4N)c3)=[N+]1B2F. The summed E-state index contributed by atoms with van der Waals surface area (Å²) in [5.41, 5.74) is 27.0. The first-order valence-corrected chi connectivity index (χ1v) is 28.8. The van der Waals surface area contributed by atoms with Gasteiger partial charge in [0, 0.05) is 90.2 Å². The van der Waals surface area contributed by atoms with E-state index in [1.165, 1.54) is 12.3 Å². The average Bonchev–Trinajstić information content (AvgIpc) is 4.17. The van der Waals surface area contributed by atoms with E-state index in [4.69, 9.17) is 45.0 Å². The van der Waals surface area contributed by atoms with Crippen molar-refractivity contribution in [1.82, 2.24) is 30.0 Å². The van der Waals surface area contributed by atoms with Gasteiger partial charge in [0.15, 0.2) is 17.6 Å². The molecule has 2 aromatic heterocycles. The van der Waals surface area contributed by atoms with Crippen molar-refractivity contribution in [3.63, 3.8) is 0 Å². The molecule has 1 saturated heterocycles. The van der Waals surface area contributed by atoms with Crippen LogP contribution >= 0.6 is 23.2 Å². The number of aryl methyl sites for hydroxylation is 2. The van der Waals surface area contributed by atoms with Crippen molar-refractivity contribution in [2.75, 3.05) is 71.8 Å². The summed E-state index contributed by atoms with van der Waals surface area (Å²) in [6.45, 7) is 1.93. The number of fused-ring (bicyclic) bond motifs is 2. The molecule has 0 spiro atoms. The number of hydrogen-bond acceptors (Lipinski definition) is 19. The normalized spacial score (nSPS) is 18.8. The van der Waals surface area contributed by atoms with E-state index < -0.39 is 92.6 Å². The van der Waals surface area contributed by atoms with Crippen LogP contribution in [0.4, 0.5) is 10.1 Å². The number of nitrogens with one attached hydrogen (secondary N) is 3. The number of carbonyl (C=O) groups is 3. The zero-order valence-electron chi connectivity index (χ0n) is 42.8. The number of phosphoric ester groups is 1. The van der Waals surface area contributed by atoms with Gasteiger partial charge in [-0.3, -0.25) is 32.5 Å². The highest BCUT2D eigenvalue weighted by molar-refractivity contribution is 7.68. The number of allylic oxidation sites excluding steroid dienone is 2. The molecule has 32 nitrogen and oxygen atoms in total. The second kappa shape index (κ2) is 28.4. The van der Waals surface area contributed by atoms with Gasteiger partial charge in [0.2, 0.25) is 11.8 Å². The summed E-state index contributed by atoms with van der Waals surface area (Å²) in [7, 11) is -17.2. The molecule has 5 heterocycles. The number of carbonyl (C=O) groups excluding carboxylic acids is 3. The fourth-order valence-corrected chi connectivity index (χ4v) is 11.4. The Balaban J connectivity index is 0.879. The third kappa shape index (κ3) is 18.3. The monoisotopic (exact) mass is 1180 g/mol. The van der Waals surface area contributed by atoms with Gasteiger partial charge in [0.25, 0.3) is 5.91 Å².